The van der Waals surface area contributed by atoms with Gasteiger partial charge in [0, 0.05) is 5.02 Å². The zero-order chi connectivity index (χ0) is 10.8. The smallest absolute Gasteiger partial charge is 0.290 e. The molecule has 0 aliphatic carbocycles. The van der Waals surface area contributed by atoms with E-state index in [0.29, 0.717) is 0 Å². The zero-order valence-electron chi connectivity index (χ0n) is 7.82. The number of aryl methyl sites for hydroxylation is 1. The quantitative estimate of drug-likeness (QED) is 0.758. The second-order valence-corrected chi connectivity index (χ2v) is 3.00. The maximum Gasteiger partial charge on any atom is 0.290 e. The van der Waals surface area contributed by atoms with Crippen LogP contribution in [0.1, 0.15) is 12.0 Å². The van der Waals surface area contributed by atoms with E-state index < -0.39 is 0 Å². The van der Waals surface area contributed by atoms with Crippen LogP contribution in [0.3, 0.4) is 0 Å². The Morgan fingerprint density at radius 3 is 2.50 bits per heavy atom. The fourth-order valence-electron chi connectivity index (χ4n) is 0.994. The molecule has 0 aliphatic heterocycles. The number of carboxylic acid groups (broad SMARTS) is 1. The summed E-state index contributed by atoms with van der Waals surface area (Å²) in [6.45, 7) is 0.477. The Hall–Kier alpha value is -1.06. The minimum Gasteiger partial charge on any atom is -0.483 e. The van der Waals surface area contributed by atoms with Crippen molar-refractivity contribution in [3.8, 4) is 0 Å². The fraction of sp³-hybridized carbons (Fsp3) is 0.300. The SMILES string of the molecule is NCCCc1ccccc1Cl.O=CO. The molecule has 0 atom stereocenters. The van der Waals surface area contributed by atoms with Gasteiger partial charge >= 0.3 is 0 Å². The fourth-order valence-corrected chi connectivity index (χ4v) is 1.22. The molecule has 0 spiro atoms. The first-order valence-electron chi connectivity index (χ1n) is 4.27. The van der Waals surface area contributed by atoms with Crippen molar-refractivity contribution in [1.82, 2.24) is 0 Å². The predicted molar refractivity (Wildman–Crippen MR) is 57.5 cm³/mol. The van der Waals surface area contributed by atoms with Crippen LogP contribution in [0.4, 0.5) is 0 Å². The van der Waals surface area contributed by atoms with E-state index in [9.17, 15) is 0 Å². The molecule has 0 amide bonds. The molecule has 0 heterocycles. The van der Waals surface area contributed by atoms with Crippen LogP contribution in [0.15, 0.2) is 24.3 Å². The minimum absolute atomic E-state index is 0.250. The molecule has 3 nitrogen and oxygen atoms in total. The molecule has 3 N–H and O–H groups in total. The van der Waals surface area contributed by atoms with Gasteiger partial charge in [0.2, 0.25) is 0 Å². The summed E-state index contributed by atoms with van der Waals surface area (Å²) in [6.07, 6.45) is 1.99. The lowest BCUT2D eigenvalue weighted by Crippen LogP contribution is -2.00. The highest BCUT2D eigenvalue weighted by molar-refractivity contribution is 6.31. The molecule has 0 saturated heterocycles. The van der Waals surface area contributed by atoms with Crippen molar-refractivity contribution in [3.63, 3.8) is 0 Å². The molecule has 0 bridgehead atoms. The minimum atomic E-state index is -0.250. The van der Waals surface area contributed by atoms with Crippen LogP contribution in [0, 0.1) is 0 Å². The van der Waals surface area contributed by atoms with E-state index in [1.807, 2.05) is 24.3 Å². The van der Waals surface area contributed by atoms with Crippen molar-refractivity contribution in [2.75, 3.05) is 6.54 Å². The maximum absolute atomic E-state index is 8.36. The highest BCUT2D eigenvalue weighted by Crippen LogP contribution is 2.15. The van der Waals surface area contributed by atoms with Gasteiger partial charge in [-0.15, -0.1) is 0 Å². The van der Waals surface area contributed by atoms with Crippen LogP contribution in [-0.2, 0) is 11.2 Å². The summed E-state index contributed by atoms with van der Waals surface area (Å²) in [5, 5.41) is 7.74. The Labute approximate surface area is 88.5 Å². The van der Waals surface area contributed by atoms with Gasteiger partial charge < -0.3 is 10.8 Å². The van der Waals surface area contributed by atoms with Crippen LogP contribution in [0.2, 0.25) is 5.02 Å². The third kappa shape index (κ3) is 5.56. The first kappa shape index (κ1) is 12.9. The molecule has 0 aliphatic rings. The van der Waals surface area contributed by atoms with Gasteiger partial charge in [0.25, 0.3) is 6.47 Å². The zero-order valence-corrected chi connectivity index (χ0v) is 8.57. The molecule has 0 unspecified atom stereocenters. The van der Waals surface area contributed by atoms with Crippen LogP contribution >= 0.6 is 11.6 Å². The Morgan fingerprint density at radius 1 is 1.43 bits per heavy atom. The largest absolute Gasteiger partial charge is 0.483 e. The topological polar surface area (TPSA) is 63.3 Å². The standard InChI is InChI=1S/C9H12ClN.CH2O2/c10-9-6-2-1-4-8(9)5-3-7-11;2-1-3/h1-2,4,6H,3,5,7,11H2;1H,(H,2,3). The number of rotatable bonds is 3. The molecule has 0 fully saturated rings. The summed E-state index contributed by atoms with van der Waals surface area (Å²) >= 11 is 5.92. The third-order valence-corrected chi connectivity index (χ3v) is 1.98. The number of benzene rings is 1. The molecule has 0 aromatic heterocycles. The molecular formula is C10H14ClNO2. The van der Waals surface area contributed by atoms with E-state index in [2.05, 4.69) is 0 Å². The van der Waals surface area contributed by atoms with Gasteiger partial charge in [0.1, 0.15) is 0 Å². The Kier molecular flexibility index (Phi) is 7.89. The summed E-state index contributed by atoms with van der Waals surface area (Å²) in [5.74, 6) is 0. The Morgan fingerprint density at radius 2 is 2.00 bits per heavy atom. The third-order valence-electron chi connectivity index (χ3n) is 1.61. The van der Waals surface area contributed by atoms with Gasteiger partial charge in [-0.3, -0.25) is 4.79 Å². The first-order chi connectivity index (χ1) is 6.76. The van der Waals surface area contributed by atoms with Crippen LogP contribution in [0.25, 0.3) is 0 Å². The average Bonchev–Trinajstić information content (AvgIpc) is 2.18. The van der Waals surface area contributed by atoms with Crippen molar-refractivity contribution in [2.45, 2.75) is 12.8 Å². The van der Waals surface area contributed by atoms with Crippen molar-refractivity contribution in [1.29, 1.82) is 0 Å². The Bertz CT molecular complexity index is 266. The van der Waals surface area contributed by atoms with Gasteiger partial charge in [-0.1, -0.05) is 29.8 Å². The van der Waals surface area contributed by atoms with E-state index >= 15 is 0 Å². The lowest BCUT2D eigenvalue weighted by atomic mass is 10.1. The number of halogens is 1. The molecule has 1 aromatic carbocycles. The van der Waals surface area contributed by atoms with Crippen molar-refractivity contribution >= 4 is 18.1 Å². The van der Waals surface area contributed by atoms with Gasteiger partial charge in [-0.25, -0.2) is 0 Å². The molecule has 0 radical (unpaired) electrons. The molecule has 1 rings (SSSR count). The lowest BCUT2D eigenvalue weighted by Gasteiger charge is -2.00. The number of hydrogen-bond donors (Lipinski definition) is 2. The molecule has 1 aromatic rings. The second-order valence-electron chi connectivity index (χ2n) is 2.59. The average molecular weight is 216 g/mol. The van der Waals surface area contributed by atoms with Crippen LogP contribution < -0.4 is 5.73 Å². The predicted octanol–water partition coefficient (Wildman–Crippen LogP) is 1.93. The number of hydrogen-bond acceptors (Lipinski definition) is 2. The van der Waals surface area contributed by atoms with Gasteiger partial charge in [-0.05, 0) is 31.0 Å². The highest BCUT2D eigenvalue weighted by atomic mass is 35.5. The summed E-state index contributed by atoms with van der Waals surface area (Å²) in [4.78, 5) is 8.36. The molecule has 4 heteroatoms. The molecule has 78 valence electrons. The number of carbonyl (C=O) groups is 1. The van der Waals surface area contributed by atoms with Crippen LogP contribution in [0.5, 0.6) is 0 Å². The van der Waals surface area contributed by atoms with Gasteiger partial charge in [-0.2, -0.15) is 0 Å². The Balaban J connectivity index is 0.000000500. The molecule has 0 saturated carbocycles. The maximum atomic E-state index is 8.36. The van der Waals surface area contributed by atoms with E-state index in [1.54, 1.807) is 0 Å². The number of nitrogens with two attached hydrogens (primary N) is 1. The van der Waals surface area contributed by atoms with Gasteiger partial charge in [0.05, 0.1) is 0 Å². The van der Waals surface area contributed by atoms with E-state index in [1.165, 1.54) is 5.56 Å². The lowest BCUT2D eigenvalue weighted by molar-refractivity contribution is -0.122. The summed E-state index contributed by atoms with van der Waals surface area (Å²) < 4.78 is 0. The molecular weight excluding hydrogens is 202 g/mol. The van der Waals surface area contributed by atoms with Gasteiger partial charge in [0.15, 0.2) is 0 Å². The van der Waals surface area contributed by atoms with Crippen LogP contribution in [-0.4, -0.2) is 18.1 Å². The first-order valence-corrected chi connectivity index (χ1v) is 4.65. The molecule has 14 heavy (non-hydrogen) atoms. The summed E-state index contributed by atoms with van der Waals surface area (Å²) in [7, 11) is 0. The van der Waals surface area contributed by atoms with Crippen molar-refractivity contribution < 1.29 is 9.90 Å². The van der Waals surface area contributed by atoms with E-state index in [-0.39, 0.29) is 6.47 Å². The highest BCUT2D eigenvalue weighted by Gasteiger charge is 1.96. The van der Waals surface area contributed by atoms with E-state index in [0.717, 1.165) is 24.4 Å². The summed E-state index contributed by atoms with van der Waals surface area (Å²) in [5.41, 5.74) is 6.58. The normalized spacial score (nSPS) is 8.71. The monoisotopic (exact) mass is 215 g/mol. The van der Waals surface area contributed by atoms with Crippen molar-refractivity contribution in [2.24, 2.45) is 5.73 Å². The van der Waals surface area contributed by atoms with Crippen molar-refractivity contribution in [3.05, 3.63) is 34.9 Å². The van der Waals surface area contributed by atoms with E-state index in [4.69, 9.17) is 27.2 Å². The second kappa shape index (κ2) is 8.53. The summed E-state index contributed by atoms with van der Waals surface area (Å²) in [6, 6.07) is 7.89.